The molecule has 0 aliphatic rings. The van der Waals surface area contributed by atoms with Gasteiger partial charge in [0.15, 0.2) is 0 Å². The molecule has 0 fully saturated rings. The Hall–Kier alpha value is -8.86. The highest BCUT2D eigenvalue weighted by Crippen LogP contribution is 2.52. The lowest BCUT2D eigenvalue weighted by atomic mass is 9.90. The molecule has 0 N–H and O–H groups in total. The topological polar surface area (TPSA) is 6.48 Å². The second kappa shape index (κ2) is 17.7. The van der Waals surface area contributed by atoms with Crippen LogP contribution in [0.3, 0.4) is 0 Å². The van der Waals surface area contributed by atoms with Gasteiger partial charge in [0.25, 0.3) is 0 Å². The average molecular weight is 905 g/mol. The van der Waals surface area contributed by atoms with E-state index in [0.717, 1.165) is 111 Å². The van der Waals surface area contributed by atoms with Gasteiger partial charge in [-0.25, -0.2) is 8.78 Å². The molecule has 4 heteroatoms. The Bertz CT molecular complexity index is 3580. The summed E-state index contributed by atoms with van der Waals surface area (Å²) >= 11 is 0. The molecule has 0 saturated carbocycles. The minimum Gasteiger partial charge on any atom is -0.307 e. The van der Waals surface area contributed by atoms with Crippen LogP contribution in [0, 0.1) is 25.5 Å². The fourth-order valence-corrected chi connectivity index (χ4v) is 10.2. The maximum Gasteiger partial charge on any atom is 0.148 e. The van der Waals surface area contributed by atoms with Gasteiger partial charge >= 0.3 is 0 Å². The Kier molecular flexibility index (Phi) is 10.7. The first kappa shape index (κ1) is 42.5. The predicted molar refractivity (Wildman–Crippen MR) is 291 cm³/mol. The molecule has 12 aromatic rings. The first-order chi connectivity index (χ1) is 34.4. The second-order valence-corrected chi connectivity index (χ2v) is 18.1. The molecule has 12 aromatic carbocycles. The molecule has 12 rings (SSSR count). The largest absolute Gasteiger partial charge is 0.307 e. The van der Waals surface area contributed by atoms with Crippen LogP contribution in [-0.4, -0.2) is 0 Å². The van der Waals surface area contributed by atoms with Gasteiger partial charge in [-0.1, -0.05) is 193 Å². The zero-order chi connectivity index (χ0) is 47.3. The molecule has 0 aliphatic carbocycles. The summed E-state index contributed by atoms with van der Waals surface area (Å²) in [4.78, 5) is 4.18. The van der Waals surface area contributed by atoms with E-state index in [1.807, 2.05) is 121 Å². The lowest BCUT2D eigenvalue weighted by Gasteiger charge is -2.31. The maximum absolute atomic E-state index is 17.7. The molecule has 0 heterocycles. The molecule has 0 saturated heterocycles. The van der Waals surface area contributed by atoms with Gasteiger partial charge in [-0.05, 0) is 129 Å². The molecule has 0 bridgehead atoms. The van der Waals surface area contributed by atoms with Crippen LogP contribution >= 0.6 is 0 Å². The Labute approximate surface area is 406 Å². The normalized spacial score (nSPS) is 11.4. The molecule has 70 heavy (non-hydrogen) atoms. The fourth-order valence-electron chi connectivity index (χ4n) is 10.2. The zero-order valence-corrected chi connectivity index (χ0v) is 38.7. The number of hydrogen-bond acceptors (Lipinski definition) is 2. The second-order valence-electron chi connectivity index (χ2n) is 18.1. The van der Waals surface area contributed by atoms with E-state index < -0.39 is 0 Å². The van der Waals surface area contributed by atoms with Crippen LogP contribution in [0.5, 0.6) is 0 Å². The highest BCUT2D eigenvalue weighted by atomic mass is 19.1. The molecular formula is C66H46F2N2. The van der Waals surface area contributed by atoms with E-state index in [-0.39, 0.29) is 11.6 Å². The highest BCUT2D eigenvalue weighted by molar-refractivity contribution is 6.28. The molecule has 0 atom stereocenters. The first-order valence-corrected chi connectivity index (χ1v) is 23.7. The van der Waals surface area contributed by atoms with Crippen LogP contribution in [0.4, 0.5) is 42.9 Å². The number of rotatable bonds is 10. The maximum atomic E-state index is 17.7. The van der Waals surface area contributed by atoms with Crippen molar-refractivity contribution in [3.8, 4) is 44.5 Å². The van der Waals surface area contributed by atoms with E-state index in [1.54, 1.807) is 12.1 Å². The van der Waals surface area contributed by atoms with Crippen molar-refractivity contribution in [1.29, 1.82) is 0 Å². The van der Waals surface area contributed by atoms with Crippen LogP contribution in [0.25, 0.3) is 76.8 Å². The van der Waals surface area contributed by atoms with Gasteiger partial charge < -0.3 is 9.80 Å². The quantitative estimate of drug-likeness (QED) is 0.126. The minimum atomic E-state index is -0.336. The van der Waals surface area contributed by atoms with Crippen molar-refractivity contribution < 1.29 is 8.78 Å². The fraction of sp³-hybridized carbons (Fsp3) is 0.0303. The molecule has 0 radical (unpaired) electrons. The van der Waals surface area contributed by atoms with Gasteiger partial charge in [0.1, 0.15) is 11.6 Å². The van der Waals surface area contributed by atoms with Crippen molar-refractivity contribution >= 4 is 66.4 Å². The molecule has 0 aliphatic heterocycles. The first-order valence-electron chi connectivity index (χ1n) is 23.7. The SMILES string of the molecule is Cc1ccc(N(c2c(F)cc(-c3ccccc3)cc2-c2ccccc2)c2ccc3ccc4c(N(c5ccc(C)cc5)c5c(F)cc(-c6ccccc6)cc5-c5ccccc5)ccc5ccc2c3c54)cc1. The van der Waals surface area contributed by atoms with E-state index in [1.165, 1.54) is 0 Å². The molecule has 0 spiro atoms. The number of nitrogens with zero attached hydrogens (tertiary/aromatic N) is 2. The Morgan fingerprint density at radius 3 is 0.986 bits per heavy atom. The van der Waals surface area contributed by atoms with Crippen molar-refractivity contribution in [2.24, 2.45) is 0 Å². The monoisotopic (exact) mass is 904 g/mol. The molecule has 334 valence electrons. The number of benzene rings is 12. The lowest BCUT2D eigenvalue weighted by molar-refractivity contribution is 0.629. The summed E-state index contributed by atoms with van der Waals surface area (Å²) in [6.07, 6.45) is 0. The third-order valence-electron chi connectivity index (χ3n) is 13.6. The van der Waals surface area contributed by atoms with Crippen LogP contribution in [-0.2, 0) is 0 Å². The van der Waals surface area contributed by atoms with Crippen LogP contribution in [0.1, 0.15) is 11.1 Å². The summed E-state index contributed by atoms with van der Waals surface area (Å²) in [5, 5.41) is 6.10. The molecule has 2 nitrogen and oxygen atoms in total. The minimum absolute atomic E-state index is 0.336. The molecule has 0 aromatic heterocycles. The zero-order valence-electron chi connectivity index (χ0n) is 38.7. The van der Waals surface area contributed by atoms with Gasteiger partial charge in [-0.3, -0.25) is 0 Å². The van der Waals surface area contributed by atoms with Gasteiger partial charge in [-0.15, -0.1) is 0 Å². The molecule has 0 unspecified atom stereocenters. The van der Waals surface area contributed by atoms with E-state index in [2.05, 4.69) is 133 Å². The number of hydrogen-bond donors (Lipinski definition) is 0. The summed E-state index contributed by atoms with van der Waals surface area (Å²) < 4.78 is 35.4. The highest BCUT2D eigenvalue weighted by Gasteiger charge is 2.28. The smallest absolute Gasteiger partial charge is 0.148 e. The standard InChI is InChI=1S/C66H46F2N2/c1-43-23-31-53(32-24-43)69(65-57(47-19-11-5-12-20-47)39-51(41-59(65)67)45-15-7-3-8-16-45)61-37-29-49-28-36-56-62(38-30-50-27-35-55(61)63(49)64(50)56)70(54-33-25-44(2)26-34-54)66-58(48-21-13-6-14-22-48)40-52(42-60(66)68)46-17-9-4-10-18-46/h3-42H,1-2H3. The van der Waals surface area contributed by atoms with E-state index in [0.29, 0.717) is 11.4 Å². The van der Waals surface area contributed by atoms with Gasteiger partial charge in [-0.2, -0.15) is 0 Å². The Morgan fingerprint density at radius 1 is 0.300 bits per heavy atom. The Balaban J connectivity index is 1.12. The van der Waals surface area contributed by atoms with Crippen molar-refractivity contribution in [2.45, 2.75) is 13.8 Å². The number of aryl methyl sites for hydroxylation is 2. The summed E-state index contributed by atoms with van der Waals surface area (Å²) in [6, 6.07) is 81.6. The summed E-state index contributed by atoms with van der Waals surface area (Å²) in [6.45, 7) is 4.14. The number of halogens is 2. The third kappa shape index (κ3) is 7.51. The van der Waals surface area contributed by atoms with Crippen molar-refractivity contribution in [3.63, 3.8) is 0 Å². The summed E-state index contributed by atoms with van der Waals surface area (Å²) in [5.74, 6) is -0.672. The van der Waals surface area contributed by atoms with E-state index in [4.69, 9.17) is 0 Å². The van der Waals surface area contributed by atoms with Gasteiger partial charge in [0, 0.05) is 33.3 Å². The van der Waals surface area contributed by atoms with Crippen LogP contribution in [0.2, 0.25) is 0 Å². The summed E-state index contributed by atoms with van der Waals surface area (Å²) in [5.41, 5.74) is 13.3. The molecule has 0 amide bonds. The summed E-state index contributed by atoms with van der Waals surface area (Å²) in [7, 11) is 0. The van der Waals surface area contributed by atoms with Crippen molar-refractivity contribution in [2.75, 3.05) is 9.80 Å². The van der Waals surface area contributed by atoms with Crippen LogP contribution < -0.4 is 9.80 Å². The molecular weight excluding hydrogens is 859 g/mol. The number of anilines is 6. The van der Waals surface area contributed by atoms with Crippen molar-refractivity contribution in [1.82, 2.24) is 0 Å². The van der Waals surface area contributed by atoms with Gasteiger partial charge in [0.05, 0.1) is 22.7 Å². The average Bonchev–Trinajstić information content (AvgIpc) is 3.41. The van der Waals surface area contributed by atoms with Crippen molar-refractivity contribution in [3.05, 3.63) is 265 Å². The lowest BCUT2D eigenvalue weighted by Crippen LogP contribution is -2.15. The van der Waals surface area contributed by atoms with Crippen LogP contribution in [0.15, 0.2) is 243 Å². The van der Waals surface area contributed by atoms with Gasteiger partial charge in [0.2, 0.25) is 0 Å². The van der Waals surface area contributed by atoms with E-state index in [9.17, 15) is 0 Å². The third-order valence-corrected chi connectivity index (χ3v) is 13.6. The van der Waals surface area contributed by atoms with E-state index >= 15 is 8.78 Å². The predicted octanol–water partition coefficient (Wildman–Crippen LogP) is 19.1. The Morgan fingerprint density at radius 2 is 0.629 bits per heavy atom.